The largest absolute Gasteiger partial charge is 0.468 e. The van der Waals surface area contributed by atoms with E-state index in [2.05, 4.69) is 4.74 Å². The number of hydrogen-bond acceptors (Lipinski definition) is 4. The number of Topliss-reactive ketones (excluding diaryl/α,β-unsaturated/α-hetero) is 2. The normalized spacial score (nSPS) is 30.2. The van der Waals surface area contributed by atoms with Crippen molar-refractivity contribution in [1.82, 2.24) is 0 Å². The molecular weight excluding hydrogens is 256 g/mol. The number of methoxy groups -OCH3 is 1. The van der Waals surface area contributed by atoms with Crippen molar-refractivity contribution in [2.75, 3.05) is 7.11 Å². The van der Waals surface area contributed by atoms with Gasteiger partial charge in [0.2, 0.25) is 0 Å². The van der Waals surface area contributed by atoms with Gasteiger partial charge in [0.25, 0.3) is 0 Å². The first kappa shape index (κ1) is 16.9. The fraction of sp³-hybridized carbons (Fsp3) is 0.812. The summed E-state index contributed by atoms with van der Waals surface area (Å²) in [6.07, 6.45) is 6.87. The number of carbonyl (C=O) groups excluding carboxylic acids is 3. The Bertz CT molecular complexity index is 361. The fourth-order valence-corrected chi connectivity index (χ4v) is 2.79. The molecule has 0 amide bonds. The molecule has 2 aliphatic rings. The molecule has 2 saturated carbocycles. The first-order valence-electron chi connectivity index (χ1n) is 7.61. The van der Waals surface area contributed by atoms with Crippen molar-refractivity contribution in [3.63, 3.8) is 0 Å². The number of ether oxygens (including phenoxy) is 1. The van der Waals surface area contributed by atoms with Gasteiger partial charge in [-0.25, -0.2) is 0 Å². The smallest absolute Gasteiger partial charge is 0.316 e. The van der Waals surface area contributed by atoms with Gasteiger partial charge in [-0.3, -0.25) is 14.4 Å². The van der Waals surface area contributed by atoms with E-state index in [-0.39, 0.29) is 17.7 Å². The van der Waals surface area contributed by atoms with Gasteiger partial charge in [0.05, 0.1) is 7.11 Å². The highest BCUT2D eigenvalue weighted by molar-refractivity contribution is 6.00. The predicted molar refractivity (Wildman–Crippen MR) is 76.2 cm³/mol. The molecule has 0 bridgehead atoms. The van der Waals surface area contributed by atoms with Gasteiger partial charge in [-0.1, -0.05) is 26.7 Å². The Hall–Kier alpha value is -1.19. The molecule has 0 heterocycles. The lowest BCUT2D eigenvalue weighted by atomic mass is 9.81. The van der Waals surface area contributed by atoms with Gasteiger partial charge in [0.15, 0.2) is 0 Å². The molecule has 20 heavy (non-hydrogen) atoms. The molecular formula is C16H26O4. The Kier molecular flexibility index (Phi) is 6.89. The number of rotatable bonds is 1. The van der Waals surface area contributed by atoms with Crippen LogP contribution in [-0.2, 0) is 19.1 Å². The maximum atomic E-state index is 11.4. The van der Waals surface area contributed by atoms with Gasteiger partial charge in [0.1, 0.15) is 17.5 Å². The summed E-state index contributed by atoms with van der Waals surface area (Å²) in [5.41, 5.74) is 0. The maximum Gasteiger partial charge on any atom is 0.316 e. The molecule has 4 nitrogen and oxygen atoms in total. The van der Waals surface area contributed by atoms with Crippen LogP contribution in [0.15, 0.2) is 0 Å². The van der Waals surface area contributed by atoms with Crippen LogP contribution in [-0.4, -0.2) is 24.6 Å². The standard InChI is InChI=1S/C9H14O3.C7H12O/c1-6-4-3-5-7(8(6)10)9(11)12-2;1-6-4-2-3-5-7(6)8/h6-7H,3-5H2,1-2H3;6H,2-5H2,1H3. The highest BCUT2D eigenvalue weighted by Gasteiger charge is 2.33. The summed E-state index contributed by atoms with van der Waals surface area (Å²) >= 11 is 0. The minimum absolute atomic E-state index is 0.0304. The Balaban J connectivity index is 0.000000217. The van der Waals surface area contributed by atoms with Crippen LogP contribution in [0.25, 0.3) is 0 Å². The van der Waals surface area contributed by atoms with Crippen LogP contribution in [0.1, 0.15) is 58.8 Å². The lowest BCUT2D eigenvalue weighted by molar-refractivity contribution is -0.152. The van der Waals surface area contributed by atoms with Crippen LogP contribution >= 0.6 is 0 Å². The molecule has 0 N–H and O–H groups in total. The van der Waals surface area contributed by atoms with Crippen LogP contribution in [0.5, 0.6) is 0 Å². The van der Waals surface area contributed by atoms with E-state index in [1.807, 2.05) is 13.8 Å². The van der Waals surface area contributed by atoms with E-state index in [0.717, 1.165) is 32.1 Å². The minimum Gasteiger partial charge on any atom is -0.468 e. The third-order valence-electron chi connectivity index (χ3n) is 4.30. The summed E-state index contributed by atoms with van der Waals surface area (Å²) in [4.78, 5) is 33.3. The number of esters is 1. The van der Waals surface area contributed by atoms with Gasteiger partial charge < -0.3 is 4.74 Å². The van der Waals surface area contributed by atoms with Gasteiger partial charge >= 0.3 is 5.97 Å². The van der Waals surface area contributed by atoms with Gasteiger partial charge in [-0.05, 0) is 25.7 Å². The molecule has 0 spiro atoms. The highest BCUT2D eigenvalue weighted by atomic mass is 16.5. The summed E-state index contributed by atoms with van der Waals surface area (Å²) < 4.78 is 4.55. The number of ketones is 2. The molecule has 0 aromatic rings. The minimum atomic E-state index is -0.487. The molecule has 0 aliphatic heterocycles. The second kappa shape index (κ2) is 8.18. The fourth-order valence-electron chi connectivity index (χ4n) is 2.79. The summed E-state index contributed by atoms with van der Waals surface area (Å²) in [6, 6.07) is 0. The van der Waals surface area contributed by atoms with E-state index in [0.29, 0.717) is 18.1 Å². The second-order valence-corrected chi connectivity index (χ2v) is 5.92. The van der Waals surface area contributed by atoms with Crippen molar-refractivity contribution in [1.29, 1.82) is 0 Å². The Labute approximate surface area is 121 Å². The predicted octanol–water partition coefficient (Wildman–Crippen LogP) is 2.93. The summed E-state index contributed by atoms with van der Waals surface area (Å²) in [5, 5.41) is 0. The quantitative estimate of drug-likeness (QED) is 0.548. The van der Waals surface area contributed by atoms with Crippen LogP contribution < -0.4 is 0 Å². The molecule has 2 aliphatic carbocycles. The lowest BCUT2D eigenvalue weighted by Crippen LogP contribution is -2.33. The third kappa shape index (κ3) is 4.73. The maximum absolute atomic E-state index is 11.4. The van der Waals surface area contributed by atoms with Crippen molar-refractivity contribution in [2.24, 2.45) is 17.8 Å². The zero-order chi connectivity index (χ0) is 15.1. The third-order valence-corrected chi connectivity index (χ3v) is 4.30. The summed E-state index contributed by atoms with van der Waals surface area (Å²) in [6.45, 7) is 3.90. The van der Waals surface area contributed by atoms with E-state index >= 15 is 0 Å². The van der Waals surface area contributed by atoms with Crippen LogP contribution in [0.3, 0.4) is 0 Å². The van der Waals surface area contributed by atoms with Crippen LogP contribution in [0.2, 0.25) is 0 Å². The van der Waals surface area contributed by atoms with E-state index in [9.17, 15) is 14.4 Å². The van der Waals surface area contributed by atoms with E-state index in [1.165, 1.54) is 13.5 Å². The van der Waals surface area contributed by atoms with Crippen LogP contribution in [0.4, 0.5) is 0 Å². The zero-order valence-electron chi connectivity index (χ0n) is 12.8. The van der Waals surface area contributed by atoms with Crippen molar-refractivity contribution in [2.45, 2.75) is 58.8 Å². The van der Waals surface area contributed by atoms with E-state index in [1.54, 1.807) is 0 Å². The first-order chi connectivity index (χ1) is 9.47. The van der Waals surface area contributed by atoms with E-state index in [4.69, 9.17) is 0 Å². The number of carbonyl (C=O) groups is 3. The molecule has 2 rings (SSSR count). The van der Waals surface area contributed by atoms with Gasteiger partial charge in [-0.15, -0.1) is 0 Å². The molecule has 0 aromatic heterocycles. The summed E-state index contributed by atoms with van der Waals surface area (Å²) in [7, 11) is 1.33. The molecule has 3 unspecified atom stereocenters. The Morgan fingerprint density at radius 3 is 2.15 bits per heavy atom. The molecule has 0 saturated heterocycles. The summed E-state index contributed by atoms with van der Waals surface area (Å²) in [5.74, 6) is 0.0567. The average molecular weight is 282 g/mol. The molecule has 0 aromatic carbocycles. The SMILES string of the molecule is CC1CCCCC1=O.COC(=O)C1CCCC(C)C1=O. The zero-order valence-corrected chi connectivity index (χ0v) is 12.8. The Morgan fingerprint density at radius 1 is 1.00 bits per heavy atom. The van der Waals surface area contributed by atoms with Crippen LogP contribution in [0, 0.1) is 17.8 Å². The Morgan fingerprint density at radius 2 is 1.65 bits per heavy atom. The number of hydrogen-bond donors (Lipinski definition) is 0. The van der Waals surface area contributed by atoms with Gasteiger partial charge in [0, 0.05) is 18.3 Å². The molecule has 4 heteroatoms. The highest BCUT2D eigenvalue weighted by Crippen LogP contribution is 2.25. The van der Waals surface area contributed by atoms with Gasteiger partial charge in [-0.2, -0.15) is 0 Å². The molecule has 0 radical (unpaired) electrons. The van der Waals surface area contributed by atoms with Crippen molar-refractivity contribution in [3.05, 3.63) is 0 Å². The second-order valence-electron chi connectivity index (χ2n) is 5.92. The van der Waals surface area contributed by atoms with Crippen molar-refractivity contribution >= 4 is 17.5 Å². The van der Waals surface area contributed by atoms with E-state index < -0.39 is 5.92 Å². The molecule has 114 valence electrons. The first-order valence-corrected chi connectivity index (χ1v) is 7.61. The average Bonchev–Trinajstić information content (AvgIpc) is 2.45. The van der Waals surface area contributed by atoms with Crippen molar-refractivity contribution < 1.29 is 19.1 Å². The lowest BCUT2D eigenvalue weighted by Gasteiger charge is -2.22. The monoisotopic (exact) mass is 282 g/mol. The molecule has 3 atom stereocenters. The topological polar surface area (TPSA) is 60.4 Å². The van der Waals surface area contributed by atoms with Crippen molar-refractivity contribution in [3.8, 4) is 0 Å². The molecule has 2 fully saturated rings.